The summed E-state index contributed by atoms with van der Waals surface area (Å²) in [7, 11) is -0.608. The topological polar surface area (TPSA) is 25.8 Å². The fourth-order valence-corrected chi connectivity index (χ4v) is 4.81. The third kappa shape index (κ3) is 3.01. The average molecular weight is 292 g/mol. The normalized spacial score (nSPS) is 10.8. The molecule has 0 radical (unpaired) electrons. The molecule has 3 rings (SSSR count). The van der Waals surface area contributed by atoms with E-state index in [0.717, 1.165) is 0 Å². The van der Waals surface area contributed by atoms with Crippen LogP contribution >= 0.6 is 7.92 Å². The molecule has 1 aromatic carbocycles. The van der Waals surface area contributed by atoms with E-state index in [0.29, 0.717) is 0 Å². The van der Waals surface area contributed by atoms with Gasteiger partial charge >= 0.3 is 0 Å². The summed E-state index contributed by atoms with van der Waals surface area (Å²) in [5.74, 6) is 0. The van der Waals surface area contributed by atoms with E-state index in [-0.39, 0.29) is 0 Å². The van der Waals surface area contributed by atoms with E-state index in [1.807, 2.05) is 36.9 Å². The largest absolute Gasteiger partial charge is 0.264 e. The van der Waals surface area contributed by atoms with Crippen LogP contribution in [0.15, 0.2) is 67.3 Å². The molecule has 0 N–H and O–H groups in total. The van der Waals surface area contributed by atoms with Crippen LogP contribution in [0.4, 0.5) is 0 Å². The molecule has 0 aliphatic rings. The molecule has 0 aliphatic carbocycles. The van der Waals surface area contributed by atoms with Gasteiger partial charge in [0.05, 0.1) is 0 Å². The Bertz CT molecular complexity index is 687. The molecule has 0 amide bonds. The van der Waals surface area contributed by atoms with Crippen LogP contribution in [0.5, 0.6) is 0 Å². The molecule has 0 saturated carbocycles. The highest BCUT2D eigenvalue weighted by atomic mass is 31.1. The Kier molecular flexibility index (Phi) is 4.08. The summed E-state index contributed by atoms with van der Waals surface area (Å²) in [4.78, 5) is 8.61. The van der Waals surface area contributed by atoms with E-state index in [4.69, 9.17) is 0 Å². The first-order chi connectivity index (χ1) is 10.3. The lowest BCUT2D eigenvalue weighted by Gasteiger charge is -2.21. The van der Waals surface area contributed by atoms with Gasteiger partial charge in [-0.2, -0.15) is 0 Å². The molecule has 0 bridgehead atoms. The van der Waals surface area contributed by atoms with Gasteiger partial charge in [0.1, 0.15) is 0 Å². The molecule has 0 aliphatic heterocycles. The van der Waals surface area contributed by atoms with Crippen LogP contribution in [0, 0.1) is 13.8 Å². The fraction of sp³-hybridized carbons (Fsp3) is 0.111. The third-order valence-electron chi connectivity index (χ3n) is 3.41. The standard InChI is InChI=1S/C18H17N2P/c1-14-7-8-15(2)18(11-14)21(16-5-3-9-19-12-16)17-6-4-10-20-13-17/h3-13H,1-2H3. The molecule has 2 aromatic heterocycles. The highest BCUT2D eigenvalue weighted by molar-refractivity contribution is 7.79. The summed E-state index contributed by atoms with van der Waals surface area (Å²) >= 11 is 0. The Hall–Kier alpha value is -2.05. The van der Waals surface area contributed by atoms with Crippen molar-refractivity contribution in [3.8, 4) is 0 Å². The number of hydrogen-bond acceptors (Lipinski definition) is 2. The summed E-state index contributed by atoms with van der Waals surface area (Å²) in [5.41, 5.74) is 2.61. The minimum absolute atomic E-state index is 0.608. The summed E-state index contributed by atoms with van der Waals surface area (Å²) < 4.78 is 0. The molecular formula is C18H17N2P. The van der Waals surface area contributed by atoms with Crippen molar-refractivity contribution in [1.82, 2.24) is 9.97 Å². The van der Waals surface area contributed by atoms with Gasteiger partial charge in [0.15, 0.2) is 0 Å². The monoisotopic (exact) mass is 292 g/mol. The van der Waals surface area contributed by atoms with Crippen LogP contribution in [-0.4, -0.2) is 9.97 Å². The first-order valence-corrected chi connectivity index (χ1v) is 8.27. The Balaban J connectivity index is 2.20. The van der Waals surface area contributed by atoms with Gasteiger partial charge in [-0.25, -0.2) is 0 Å². The SMILES string of the molecule is Cc1ccc(C)c(P(c2cccnc2)c2cccnc2)c1. The van der Waals surface area contributed by atoms with Crippen molar-refractivity contribution in [1.29, 1.82) is 0 Å². The van der Waals surface area contributed by atoms with Crippen molar-refractivity contribution >= 4 is 23.8 Å². The van der Waals surface area contributed by atoms with Crippen molar-refractivity contribution < 1.29 is 0 Å². The van der Waals surface area contributed by atoms with E-state index >= 15 is 0 Å². The van der Waals surface area contributed by atoms with E-state index in [2.05, 4.69) is 54.1 Å². The molecule has 2 nitrogen and oxygen atoms in total. The first-order valence-electron chi connectivity index (χ1n) is 6.93. The summed E-state index contributed by atoms with van der Waals surface area (Å²) in [6.07, 6.45) is 7.59. The Morgan fingerprint density at radius 3 is 1.95 bits per heavy atom. The molecule has 0 atom stereocenters. The quantitative estimate of drug-likeness (QED) is 0.694. The number of aromatic nitrogens is 2. The Labute approximate surface area is 126 Å². The number of nitrogens with zero attached hydrogens (tertiary/aromatic N) is 2. The summed E-state index contributed by atoms with van der Waals surface area (Å²) in [5, 5.41) is 3.90. The van der Waals surface area contributed by atoms with E-state index < -0.39 is 7.92 Å². The minimum Gasteiger partial charge on any atom is -0.264 e. The van der Waals surface area contributed by atoms with Gasteiger partial charge in [0.2, 0.25) is 0 Å². The fourth-order valence-electron chi connectivity index (χ4n) is 2.36. The number of aryl methyl sites for hydroxylation is 2. The maximum atomic E-state index is 4.30. The zero-order valence-corrected chi connectivity index (χ0v) is 13.1. The van der Waals surface area contributed by atoms with Gasteiger partial charge in [-0.1, -0.05) is 35.9 Å². The highest BCUT2D eigenvalue weighted by Gasteiger charge is 2.18. The molecule has 0 spiro atoms. The Morgan fingerprint density at radius 1 is 0.810 bits per heavy atom. The highest BCUT2D eigenvalue weighted by Crippen LogP contribution is 2.33. The summed E-state index contributed by atoms with van der Waals surface area (Å²) in [6, 6.07) is 15.0. The molecular weight excluding hydrogens is 275 g/mol. The predicted molar refractivity (Wildman–Crippen MR) is 90.2 cm³/mol. The van der Waals surface area contributed by atoms with Crippen LogP contribution in [0.2, 0.25) is 0 Å². The van der Waals surface area contributed by atoms with E-state index in [1.165, 1.54) is 27.0 Å². The molecule has 3 aromatic rings. The molecule has 0 saturated heterocycles. The first kappa shape index (κ1) is 13.9. The van der Waals surface area contributed by atoms with Crippen molar-refractivity contribution in [2.45, 2.75) is 13.8 Å². The van der Waals surface area contributed by atoms with Gasteiger partial charge in [0, 0.05) is 35.4 Å². The molecule has 0 unspecified atom stereocenters. The lowest BCUT2D eigenvalue weighted by atomic mass is 10.2. The molecule has 0 fully saturated rings. The maximum absolute atomic E-state index is 4.30. The van der Waals surface area contributed by atoms with Crippen LogP contribution in [0.25, 0.3) is 0 Å². The van der Waals surface area contributed by atoms with Gasteiger partial charge in [0.25, 0.3) is 0 Å². The Morgan fingerprint density at radius 2 is 1.43 bits per heavy atom. The van der Waals surface area contributed by atoms with Crippen molar-refractivity contribution in [3.05, 3.63) is 78.4 Å². The van der Waals surface area contributed by atoms with Gasteiger partial charge in [-0.05, 0) is 44.8 Å². The summed E-state index contributed by atoms with van der Waals surface area (Å²) in [6.45, 7) is 4.32. The smallest absolute Gasteiger partial charge is 0.0351 e. The number of benzene rings is 1. The number of pyridine rings is 2. The second-order valence-electron chi connectivity index (χ2n) is 5.05. The molecule has 104 valence electrons. The lowest BCUT2D eigenvalue weighted by Crippen LogP contribution is -2.23. The van der Waals surface area contributed by atoms with Crippen LogP contribution in [-0.2, 0) is 0 Å². The van der Waals surface area contributed by atoms with E-state index in [9.17, 15) is 0 Å². The van der Waals surface area contributed by atoms with Crippen LogP contribution in [0.1, 0.15) is 11.1 Å². The zero-order chi connectivity index (χ0) is 14.7. The van der Waals surface area contributed by atoms with Crippen LogP contribution < -0.4 is 15.9 Å². The van der Waals surface area contributed by atoms with Crippen molar-refractivity contribution in [2.75, 3.05) is 0 Å². The maximum Gasteiger partial charge on any atom is 0.0351 e. The second kappa shape index (κ2) is 6.15. The van der Waals surface area contributed by atoms with Gasteiger partial charge in [-0.3, -0.25) is 9.97 Å². The predicted octanol–water partition coefficient (Wildman–Crippen LogP) is 2.85. The number of hydrogen-bond donors (Lipinski definition) is 0. The van der Waals surface area contributed by atoms with E-state index in [1.54, 1.807) is 0 Å². The molecule has 21 heavy (non-hydrogen) atoms. The zero-order valence-electron chi connectivity index (χ0n) is 12.2. The second-order valence-corrected chi connectivity index (χ2v) is 7.23. The van der Waals surface area contributed by atoms with Crippen LogP contribution in [0.3, 0.4) is 0 Å². The number of rotatable bonds is 3. The average Bonchev–Trinajstić information content (AvgIpc) is 2.53. The lowest BCUT2D eigenvalue weighted by molar-refractivity contribution is 1.34. The molecule has 3 heteroatoms. The van der Waals surface area contributed by atoms with Gasteiger partial charge < -0.3 is 0 Å². The van der Waals surface area contributed by atoms with Crippen molar-refractivity contribution in [3.63, 3.8) is 0 Å². The minimum atomic E-state index is -0.608. The third-order valence-corrected chi connectivity index (χ3v) is 5.94. The van der Waals surface area contributed by atoms with Crippen molar-refractivity contribution in [2.24, 2.45) is 0 Å². The molecule has 2 heterocycles. The van der Waals surface area contributed by atoms with Gasteiger partial charge in [-0.15, -0.1) is 0 Å².